The molecule has 1 aromatic rings. The second-order valence-electron chi connectivity index (χ2n) is 2.16. The molecule has 0 aromatic carbocycles. The summed E-state index contributed by atoms with van der Waals surface area (Å²) in [7, 11) is -2.20. The van der Waals surface area contributed by atoms with Crippen molar-refractivity contribution in [2.45, 2.75) is 20.1 Å². The van der Waals surface area contributed by atoms with Crippen molar-refractivity contribution in [3.8, 4) is 0 Å². The van der Waals surface area contributed by atoms with Crippen LogP contribution in [0.1, 0.15) is 29.1 Å². The van der Waals surface area contributed by atoms with Gasteiger partial charge < -0.3 is 10.0 Å². The van der Waals surface area contributed by atoms with Crippen molar-refractivity contribution < 1.29 is 21.0 Å². The summed E-state index contributed by atoms with van der Waals surface area (Å²) in [4.78, 5) is 3.48. The van der Waals surface area contributed by atoms with Gasteiger partial charge in [-0.1, -0.05) is 12.9 Å². The minimum Gasteiger partial charge on any atom is -0.423 e. The van der Waals surface area contributed by atoms with Crippen molar-refractivity contribution in [1.82, 2.24) is 4.98 Å². The van der Waals surface area contributed by atoms with Crippen molar-refractivity contribution in [1.29, 1.82) is 0 Å². The molecular formula is C8H12BNO2. The molecule has 0 aliphatic carbocycles. The maximum atomic E-state index is 9.16. The molecule has 0 bridgehead atoms. The van der Waals surface area contributed by atoms with Crippen LogP contribution in [0, 0.1) is 6.85 Å². The highest BCUT2D eigenvalue weighted by Gasteiger charge is 2.14. The Morgan fingerprint density at radius 1 is 1.75 bits per heavy atom. The highest BCUT2D eigenvalue weighted by Crippen LogP contribution is 1.98. The van der Waals surface area contributed by atoms with Gasteiger partial charge in [0.25, 0.3) is 0 Å². The molecule has 0 fully saturated rings. The second-order valence-corrected chi connectivity index (χ2v) is 2.16. The summed E-state index contributed by atoms with van der Waals surface area (Å²) < 4.78 is 58.0. The van der Waals surface area contributed by atoms with Crippen LogP contribution in [0.4, 0.5) is 0 Å². The van der Waals surface area contributed by atoms with Crippen LogP contribution in [-0.4, -0.2) is 22.2 Å². The Morgan fingerprint density at radius 2 is 2.58 bits per heavy atom. The fourth-order valence-electron chi connectivity index (χ4n) is 0.747. The average molecular weight is 173 g/mol. The summed E-state index contributed by atoms with van der Waals surface area (Å²) >= 11 is 0. The van der Waals surface area contributed by atoms with Crippen LogP contribution in [0.3, 0.4) is 0 Å². The SMILES string of the molecule is [2H]C([2H])([2H])c1ncc(C([2H])([2H])C([2H])([2H])[2H])cc1B(O)O. The monoisotopic (exact) mass is 173 g/mol. The quantitative estimate of drug-likeness (QED) is 0.600. The lowest BCUT2D eigenvalue weighted by molar-refractivity contribution is 0.425. The van der Waals surface area contributed by atoms with Gasteiger partial charge in [0.2, 0.25) is 0 Å². The molecule has 0 atom stereocenters. The van der Waals surface area contributed by atoms with Gasteiger partial charge in [0, 0.05) is 28.3 Å². The Labute approximate surface area is 83.5 Å². The molecule has 4 heteroatoms. The molecule has 0 radical (unpaired) electrons. The topological polar surface area (TPSA) is 53.4 Å². The molecule has 0 amide bonds. The standard InChI is InChI=1S/C8H12BNO2/c1-3-7-4-8(9(11)12)6(2)10-5-7/h4-5,11-12H,3H2,1-2H3/i1D3,2D3,3D2. The zero-order valence-electron chi connectivity index (χ0n) is 14.1. The zero-order valence-corrected chi connectivity index (χ0v) is 6.07. The summed E-state index contributed by atoms with van der Waals surface area (Å²) in [6.07, 6.45) is -2.02. The number of rotatable bonds is 2. The lowest BCUT2D eigenvalue weighted by Gasteiger charge is -2.04. The molecule has 2 N–H and O–H groups in total. The van der Waals surface area contributed by atoms with Gasteiger partial charge in [-0.05, 0) is 18.8 Å². The lowest BCUT2D eigenvalue weighted by Crippen LogP contribution is -2.33. The first-order valence-electron chi connectivity index (χ1n) is 7.15. The smallest absolute Gasteiger partial charge is 0.423 e. The molecule has 12 heavy (non-hydrogen) atoms. The van der Waals surface area contributed by atoms with E-state index in [9.17, 15) is 0 Å². The van der Waals surface area contributed by atoms with Crippen LogP contribution in [0.15, 0.2) is 12.3 Å². The van der Waals surface area contributed by atoms with Crippen LogP contribution in [0.5, 0.6) is 0 Å². The minimum atomic E-state index is -3.01. The molecule has 0 aliphatic heterocycles. The molecule has 1 heterocycles. The zero-order chi connectivity index (χ0) is 15.9. The summed E-state index contributed by atoms with van der Waals surface area (Å²) in [5, 5.41) is 18.3. The number of pyridine rings is 1. The van der Waals surface area contributed by atoms with Crippen LogP contribution in [-0.2, 0) is 6.37 Å². The third-order valence-electron chi connectivity index (χ3n) is 1.34. The molecule has 0 saturated carbocycles. The summed E-state index contributed by atoms with van der Waals surface area (Å²) in [5.41, 5.74) is -1.61. The summed E-state index contributed by atoms with van der Waals surface area (Å²) in [6, 6.07) is 0.797. The Morgan fingerprint density at radius 3 is 3.17 bits per heavy atom. The number of nitrogens with zero attached hydrogens (tertiary/aromatic N) is 1. The van der Waals surface area contributed by atoms with Gasteiger partial charge in [-0.2, -0.15) is 0 Å². The largest absolute Gasteiger partial charge is 0.490 e. The van der Waals surface area contributed by atoms with E-state index in [1.165, 1.54) is 0 Å². The Balaban J connectivity index is 3.46. The van der Waals surface area contributed by atoms with E-state index in [4.69, 9.17) is 21.0 Å². The molecule has 64 valence electrons. The predicted octanol–water partition coefficient (Wildman–Crippen LogP) is -0.368. The van der Waals surface area contributed by atoms with Gasteiger partial charge in [-0.15, -0.1) is 0 Å². The number of aromatic nitrogens is 1. The highest BCUT2D eigenvalue weighted by atomic mass is 16.4. The molecule has 1 aromatic heterocycles. The first-order chi connectivity index (χ1) is 8.78. The maximum Gasteiger partial charge on any atom is 0.490 e. The number of hydrogen-bond acceptors (Lipinski definition) is 3. The Bertz CT molecular complexity index is 498. The van der Waals surface area contributed by atoms with Crippen LogP contribution < -0.4 is 5.46 Å². The molecule has 0 unspecified atom stereocenters. The molecule has 0 spiro atoms. The maximum absolute atomic E-state index is 9.16. The van der Waals surface area contributed by atoms with E-state index in [2.05, 4.69) is 4.98 Å². The van der Waals surface area contributed by atoms with E-state index in [1.807, 2.05) is 0 Å². The summed E-state index contributed by atoms with van der Waals surface area (Å²) in [6.45, 7) is -5.74. The van der Waals surface area contributed by atoms with Crippen molar-refractivity contribution in [3.63, 3.8) is 0 Å². The average Bonchev–Trinajstić information content (AvgIpc) is 2.25. The van der Waals surface area contributed by atoms with Crippen LogP contribution >= 0.6 is 0 Å². The van der Waals surface area contributed by atoms with E-state index in [0.717, 1.165) is 12.3 Å². The lowest BCUT2D eigenvalue weighted by atomic mass is 9.78. The fraction of sp³-hybridized carbons (Fsp3) is 0.375. The van der Waals surface area contributed by atoms with Crippen molar-refractivity contribution in [3.05, 3.63) is 23.5 Å². The fourth-order valence-corrected chi connectivity index (χ4v) is 0.747. The van der Waals surface area contributed by atoms with E-state index >= 15 is 0 Å². The van der Waals surface area contributed by atoms with Gasteiger partial charge in [0.1, 0.15) is 0 Å². The van der Waals surface area contributed by atoms with Gasteiger partial charge in [-0.25, -0.2) is 0 Å². The predicted molar refractivity (Wildman–Crippen MR) is 48.2 cm³/mol. The van der Waals surface area contributed by atoms with E-state index in [0.29, 0.717) is 0 Å². The van der Waals surface area contributed by atoms with Crippen LogP contribution in [0.25, 0.3) is 0 Å². The number of hydrogen-bond donors (Lipinski definition) is 2. The van der Waals surface area contributed by atoms with Crippen LogP contribution in [0.2, 0.25) is 0 Å². The van der Waals surface area contributed by atoms with Gasteiger partial charge in [0.15, 0.2) is 0 Å². The number of aryl methyl sites for hydroxylation is 2. The summed E-state index contributed by atoms with van der Waals surface area (Å²) in [5.74, 6) is 0. The third kappa shape index (κ3) is 1.84. The van der Waals surface area contributed by atoms with Crippen molar-refractivity contribution >= 4 is 12.6 Å². The highest BCUT2D eigenvalue weighted by molar-refractivity contribution is 6.59. The van der Waals surface area contributed by atoms with E-state index < -0.39 is 43.9 Å². The van der Waals surface area contributed by atoms with Gasteiger partial charge in [-0.3, -0.25) is 4.98 Å². The second kappa shape index (κ2) is 3.69. The Hall–Kier alpha value is -0.865. The molecule has 0 saturated heterocycles. The molecule has 0 aliphatic rings. The van der Waals surface area contributed by atoms with Gasteiger partial charge in [0.05, 0.1) is 0 Å². The van der Waals surface area contributed by atoms with Crippen molar-refractivity contribution in [2.75, 3.05) is 0 Å². The van der Waals surface area contributed by atoms with E-state index in [1.54, 1.807) is 0 Å². The molecular weight excluding hydrogens is 153 g/mol. The Kier molecular flexibility index (Phi) is 0.961. The third-order valence-corrected chi connectivity index (χ3v) is 1.34. The van der Waals surface area contributed by atoms with Crippen molar-refractivity contribution in [2.24, 2.45) is 0 Å². The molecule has 3 nitrogen and oxygen atoms in total. The normalized spacial score (nSPS) is 23.2. The first kappa shape index (κ1) is 3.12. The molecule has 1 rings (SSSR count). The van der Waals surface area contributed by atoms with E-state index in [-0.39, 0.29) is 0 Å². The first-order valence-corrected chi connectivity index (χ1v) is 3.15. The minimum absolute atomic E-state index is 0.450. The van der Waals surface area contributed by atoms with Gasteiger partial charge >= 0.3 is 7.12 Å².